The highest BCUT2D eigenvalue weighted by Crippen LogP contribution is 2.21. The van der Waals surface area contributed by atoms with Crippen molar-refractivity contribution in [3.05, 3.63) is 54.5 Å². The molecule has 8 heteroatoms. The Morgan fingerprint density at radius 1 is 1.20 bits per heavy atom. The predicted octanol–water partition coefficient (Wildman–Crippen LogP) is 1.51. The number of nitrogens with one attached hydrogen (secondary N) is 2. The Bertz CT molecular complexity index is 971. The van der Waals surface area contributed by atoms with Crippen molar-refractivity contribution >= 4 is 21.2 Å². The van der Waals surface area contributed by atoms with Crippen molar-refractivity contribution in [3.8, 4) is 0 Å². The van der Waals surface area contributed by atoms with Crippen LogP contribution in [0.1, 0.15) is 12.0 Å². The van der Waals surface area contributed by atoms with Crippen LogP contribution in [-0.2, 0) is 16.6 Å². The molecule has 0 unspecified atom stereocenters. The van der Waals surface area contributed by atoms with Gasteiger partial charge in [0.2, 0.25) is 10.0 Å². The van der Waals surface area contributed by atoms with E-state index in [1.54, 1.807) is 41.0 Å². The number of benzene rings is 1. The first kappa shape index (κ1) is 16.2. The summed E-state index contributed by atoms with van der Waals surface area (Å²) < 4.78 is 26.9. The zero-order chi connectivity index (χ0) is 17.3. The first-order valence-corrected chi connectivity index (χ1v) is 9.64. The van der Waals surface area contributed by atoms with Crippen molar-refractivity contribution in [2.75, 3.05) is 13.1 Å². The number of sulfonamides is 1. The van der Waals surface area contributed by atoms with Crippen LogP contribution in [0.5, 0.6) is 0 Å². The number of fused-ring (bicyclic) bond motifs is 1. The highest BCUT2D eigenvalue weighted by atomic mass is 32.2. The molecule has 1 fully saturated rings. The third kappa shape index (κ3) is 3.15. The molecule has 0 bridgehead atoms. The summed E-state index contributed by atoms with van der Waals surface area (Å²) in [6, 6.07) is 8.71. The Labute approximate surface area is 146 Å². The van der Waals surface area contributed by atoms with Crippen molar-refractivity contribution in [2.24, 2.45) is 0 Å². The lowest BCUT2D eigenvalue weighted by Gasteiger charge is -2.17. The molecule has 1 aliphatic heterocycles. The van der Waals surface area contributed by atoms with Gasteiger partial charge in [0, 0.05) is 49.8 Å². The second kappa shape index (κ2) is 6.55. The zero-order valence-corrected chi connectivity index (χ0v) is 14.4. The quantitative estimate of drug-likeness (QED) is 0.722. The van der Waals surface area contributed by atoms with Crippen LogP contribution >= 0.6 is 0 Å². The summed E-state index contributed by atoms with van der Waals surface area (Å²) in [5.74, 6) is 0. The van der Waals surface area contributed by atoms with Crippen LogP contribution in [0.3, 0.4) is 0 Å². The molecule has 130 valence electrons. The third-order valence-electron chi connectivity index (χ3n) is 4.50. The van der Waals surface area contributed by atoms with E-state index in [1.165, 1.54) is 0 Å². The second-order valence-electron chi connectivity index (χ2n) is 6.11. The second-order valence-corrected chi connectivity index (χ2v) is 8.05. The summed E-state index contributed by atoms with van der Waals surface area (Å²) in [5.41, 5.74) is 2.65. The van der Waals surface area contributed by atoms with Crippen LogP contribution in [0.4, 0.5) is 0 Å². The Balaban J connectivity index is 1.41. The number of nitrogens with zero attached hydrogens (tertiary/aromatic N) is 3. The molecule has 3 aromatic rings. The number of hydrogen-bond donors (Lipinski definition) is 2. The van der Waals surface area contributed by atoms with Crippen molar-refractivity contribution in [1.82, 2.24) is 24.6 Å². The summed E-state index contributed by atoms with van der Waals surface area (Å²) in [7, 11) is -3.41. The van der Waals surface area contributed by atoms with Gasteiger partial charge in [-0.15, -0.1) is 0 Å². The molecule has 1 atom stereocenters. The van der Waals surface area contributed by atoms with Gasteiger partial charge in [-0.3, -0.25) is 4.98 Å². The zero-order valence-electron chi connectivity index (χ0n) is 13.6. The van der Waals surface area contributed by atoms with E-state index < -0.39 is 10.0 Å². The standard InChI is InChI=1S/C17H19N5O2S/c23-25(24,15-4-2-1-3-5-15)22-9-6-14(12-22)20-10-13-11-21-17-16(13)18-7-8-19-17/h1-5,7-8,11,14,20H,6,9-10,12H2,(H,19,21)/t14-/m0/s1. The molecular formula is C17H19N5O2S. The number of aromatic amines is 1. The monoisotopic (exact) mass is 357 g/mol. The average molecular weight is 357 g/mol. The maximum Gasteiger partial charge on any atom is 0.243 e. The first-order valence-electron chi connectivity index (χ1n) is 8.20. The van der Waals surface area contributed by atoms with E-state index in [2.05, 4.69) is 20.3 Å². The van der Waals surface area contributed by atoms with Crippen LogP contribution in [0.15, 0.2) is 53.8 Å². The van der Waals surface area contributed by atoms with E-state index in [1.807, 2.05) is 12.3 Å². The Morgan fingerprint density at radius 3 is 2.84 bits per heavy atom. The van der Waals surface area contributed by atoms with Crippen LogP contribution in [0.25, 0.3) is 11.2 Å². The van der Waals surface area contributed by atoms with Crippen molar-refractivity contribution in [3.63, 3.8) is 0 Å². The fraction of sp³-hybridized carbons (Fsp3) is 0.294. The lowest BCUT2D eigenvalue weighted by atomic mass is 10.2. The van der Waals surface area contributed by atoms with Gasteiger partial charge in [0.25, 0.3) is 0 Å². The SMILES string of the molecule is O=S(=O)(c1ccccc1)N1CC[C@H](NCc2c[nH]c3nccnc23)C1. The van der Waals surface area contributed by atoms with Gasteiger partial charge in [-0.25, -0.2) is 13.4 Å². The minimum Gasteiger partial charge on any atom is -0.344 e. The molecule has 1 aromatic carbocycles. The molecule has 3 heterocycles. The van der Waals surface area contributed by atoms with E-state index in [-0.39, 0.29) is 6.04 Å². The smallest absolute Gasteiger partial charge is 0.243 e. The fourth-order valence-electron chi connectivity index (χ4n) is 3.15. The van der Waals surface area contributed by atoms with Crippen LogP contribution in [0, 0.1) is 0 Å². The van der Waals surface area contributed by atoms with Gasteiger partial charge in [0.05, 0.1) is 4.90 Å². The number of hydrogen-bond acceptors (Lipinski definition) is 5. The molecule has 0 spiro atoms. The predicted molar refractivity (Wildman–Crippen MR) is 94.3 cm³/mol. The van der Waals surface area contributed by atoms with E-state index in [4.69, 9.17) is 0 Å². The number of aromatic nitrogens is 3. The van der Waals surface area contributed by atoms with Crippen molar-refractivity contribution in [2.45, 2.75) is 23.9 Å². The average Bonchev–Trinajstić information content (AvgIpc) is 3.28. The number of H-pyrrole nitrogens is 1. The van der Waals surface area contributed by atoms with Crippen LogP contribution < -0.4 is 5.32 Å². The summed E-state index contributed by atoms with van der Waals surface area (Å²) in [6.45, 7) is 1.64. The van der Waals surface area contributed by atoms with E-state index >= 15 is 0 Å². The lowest BCUT2D eigenvalue weighted by molar-refractivity contribution is 0.456. The van der Waals surface area contributed by atoms with Gasteiger partial charge in [-0.05, 0) is 18.6 Å². The van der Waals surface area contributed by atoms with E-state index in [9.17, 15) is 8.42 Å². The van der Waals surface area contributed by atoms with Gasteiger partial charge in [0.1, 0.15) is 5.52 Å². The molecule has 0 amide bonds. The maximum atomic E-state index is 12.7. The Kier molecular flexibility index (Phi) is 4.24. The molecule has 1 saturated heterocycles. The van der Waals surface area contributed by atoms with E-state index in [0.717, 1.165) is 23.1 Å². The minimum atomic E-state index is -3.41. The molecule has 4 rings (SSSR count). The largest absolute Gasteiger partial charge is 0.344 e. The summed E-state index contributed by atoms with van der Waals surface area (Å²) in [6.07, 6.45) is 6.01. The molecule has 0 radical (unpaired) electrons. The van der Waals surface area contributed by atoms with Gasteiger partial charge in [-0.2, -0.15) is 4.31 Å². The van der Waals surface area contributed by atoms with Gasteiger partial charge in [-0.1, -0.05) is 18.2 Å². The van der Waals surface area contributed by atoms with E-state index in [0.29, 0.717) is 24.5 Å². The lowest BCUT2D eigenvalue weighted by Crippen LogP contribution is -2.34. The Morgan fingerprint density at radius 2 is 2.00 bits per heavy atom. The van der Waals surface area contributed by atoms with Crippen molar-refractivity contribution in [1.29, 1.82) is 0 Å². The fourth-order valence-corrected chi connectivity index (χ4v) is 4.67. The molecule has 0 saturated carbocycles. The summed E-state index contributed by atoms with van der Waals surface area (Å²) in [5, 5.41) is 3.44. The Hall–Kier alpha value is -2.29. The molecule has 1 aliphatic rings. The first-order chi connectivity index (χ1) is 12.1. The topological polar surface area (TPSA) is 91.0 Å². The van der Waals surface area contributed by atoms with Crippen LogP contribution in [0.2, 0.25) is 0 Å². The van der Waals surface area contributed by atoms with Crippen LogP contribution in [-0.4, -0.2) is 46.8 Å². The highest BCUT2D eigenvalue weighted by Gasteiger charge is 2.32. The van der Waals surface area contributed by atoms with Gasteiger partial charge < -0.3 is 10.3 Å². The van der Waals surface area contributed by atoms with Gasteiger partial charge in [0.15, 0.2) is 5.65 Å². The van der Waals surface area contributed by atoms with Gasteiger partial charge >= 0.3 is 0 Å². The summed E-state index contributed by atoms with van der Waals surface area (Å²) in [4.78, 5) is 12.0. The molecule has 2 N–H and O–H groups in total. The number of rotatable bonds is 5. The molecule has 0 aliphatic carbocycles. The molecule has 2 aromatic heterocycles. The normalized spacial score (nSPS) is 18.8. The third-order valence-corrected chi connectivity index (χ3v) is 6.38. The molecular weight excluding hydrogens is 338 g/mol. The molecule has 7 nitrogen and oxygen atoms in total. The summed E-state index contributed by atoms with van der Waals surface area (Å²) >= 11 is 0. The minimum absolute atomic E-state index is 0.125. The van der Waals surface area contributed by atoms with Crippen molar-refractivity contribution < 1.29 is 8.42 Å². The molecule has 25 heavy (non-hydrogen) atoms. The highest BCUT2D eigenvalue weighted by molar-refractivity contribution is 7.89. The maximum absolute atomic E-state index is 12.7.